The van der Waals surface area contributed by atoms with Crippen LogP contribution >= 0.6 is 0 Å². The van der Waals surface area contributed by atoms with Crippen molar-refractivity contribution in [3.63, 3.8) is 0 Å². The zero-order chi connectivity index (χ0) is 14.0. The number of carbonyl (C=O) groups is 1. The van der Waals surface area contributed by atoms with Crippen LogP contribution in [0.3, 0.4) is 0 Å². The van der Waals surface area contributed by atoms with Crippen LogP contribution in [0.1, 0.15) is 21.5 Å². The lowest BCUT2D eigenvalue weighted by Crippen LogP contribution is -2.07. The third kappa shape index (κ3) is 2.65. The van der Waals surface area contributed by atoms with E-state index in [0.717, 1.165) is 17.8 Å². The number of hydrogen-bond donors (Lipinski definition) is 0. The molecular formula is C14H10F3NO. The van der Waals surface area contributed by atoms with Gasteiger partial charge in [-0.05, 0) is 18.6 Å². The first-order valence-corrected chi connectivity index (χ1v) is 5.52. The summed E-state index contributed by atoms with van der Waals surface area (Å²) in [4.78, 5) is 14.8. The van der Waals surface area contributed by atoms with Crippen LogP contribution < -0.4 is 0 Å². The first-order chi connectivity index (χ1) is 8.93. The Hall–Kier alpha value is -2.17. The molecule has 1 aromatic heterocycles. The number of benzene rings is 1. The lowest BCUT2D eigenvalue weighted by Gasteiger charge is -2.11. The van der Waals surface area contributed by atoms with Crippen molar-refractivity contribution in [2.45, 2.75) is 13.1 Å². The van der Waals surface area contributed by atoms with Gasteiger partial charge in [0.1, 0.15) is 0 Å². The fourth-order valence-electron chi connectivity index (χ4n) is 1.79. The van der Waals surface area contributed by atoms with Gasteiger partial charge in [0.2, 0.25) is 0 Å². The maximum atomic E-state index is 12.6. The largest absolute Gasteiger partial charge is 0.417 e. The summed E-state index contributed by atoms with van der Waals surface area (Å²) < 4.78 is 37.7. The van der Waals surface area contributed by atoms with Crippen LogP contribution in [-0.2, 0) is 6.18 Å². The van der Waals surface area contributed by atoms with Crippen molar-refractivity contribution in [2.24, 2.45) is 0 Å². The number of rotatable bonds is 2. The van der Waals surface area contributed by atoms with Crippen molar-refractivity contribution in [2.75, 3.05) is 0 Å². The first kappa shape index (κ1) is 13.3. The molecule has 0 aliphatic carbocycles. The van der Waals surface area contributed by atoms with Gasteiger partial charge in [0, 0.05) is 17.3 Å². The number of nitrogens with zero attached hydrogens (tertiary/aromatic N) is 1. The number of carbonyl (C=O) groups excluding carboxylic acids is 1. The van der Waals surface area contributed by atoms with E-state index in [1.54, 1.807) is 12.1 Å². The van der Waals surface area contributed by atoms with Gasteiger partial charge in [-0.15, -0.1) is 0 Å². The van der Waals surface area contributed by atoms with E-state index in [9.17, 15) is 18.0 Å². The molecule has 0 saturated carbocycles. The summed E-state index contributed by atoms with van der Waals surface area (Å²) in [5.41, 5.74) is 0.772. The van der Waals surface area contributed by atoms with Crippen LogP contribution in [0.5, 0.6) is 0 Å². The lowest BCUT2D eigenvalue weighted by atomic mass is 10.0. The highest BCUT2D eigenvalue weighted by atomic mass is 19.4. The molecule has 19 heavy (non-hydrogen) atoms. The molecule has 0 radical (unpaired) electrons. The molecule has 0 aliphatic heterocycles. The Morgan fingerprint density at radius 1 is 1.21 bits per heavy atom. The van der Waals surface area contributed by atoms with Crippen LogP contribution in [0.2, 0.25) is 0 Å². The summed E-state index contributed by atoms with van der Waals surface area (Å²) in [7, 11) is 0. The topological polar surface area (TPSA) is 30.0 Å². The molecule has 2 rings (SSSR count). The average Bonchev–Trinajstić information content (AvgIpc) is 2.37. The molecule has 0 saturated heterocycles. The molecular weight excluding hydrogens is 255 g/mol. The van der Waals surface area contributed by atoms with Gasteiger partial charge in [0.15, 0.2) is 6.29 Å². The van der Waals surface area contributed by atoms with Gasteiger partial charge >= 0.3 is 6.18 Å². The Kier molecular flexibility index (Phi) is 3.38. The SMILES string of the molecule is Cc1ccccc1-c1ncc(C(F)(F)F)cc1C=O. The van der Waals surface area contributed by atoms with Crippen LogP contribution in [0.25, 0.3) is 11.3 Å². The minimum Gasteiger partial charge on any atom is -0.298 e. The summed E-state index contributed by atoms with van der Waals surface area (Å²) in [6.45, 7) is 1.81. The highest BCUT2D eigenvalue weighted by Crippen LogP contribution is 2.32. The molecule has 2 aromatic rings. The molecule has 5 heteroatoms. The van der Waals surface area contributed by atoms with Gasteiger partial charge in [0.05, 0.1) is 11.3 Å². The van der Waals surface area contributed by atoms with Gasteiger partial charge in [0.25, 0.3) is 0 Å². The Bertz CT molecular complexity index is 620. The summed E-state index contributed by atoms with van der Waals surface area (Å²) in [5, 5.41) is 0. The summed E-state index contributed by atoms with van der Waals surface area (Å²) in [6, 6.07) is 7.91. The molecule has 0 aliphatic rings. The predicted octanol–water partition coefficient (Wildman–Crippen LogP) is 3.89. The highest BCUT2D eigenvalue weighted by molar-refractivity contribution is 5.86. The quantitative estimate of drug-likeness (QED) is 0.771. The predicted molar refractivity (Wildman–Crippen MR) is 64.8 cm³/mol. The minimum atomic E-state index is -4.50. The fraction of sp³-hybridized carbons (Fsp3) is 0.143. The standard InChI is InChI=1S/C14H10F3NO/c1-9-4-2-3-5-12(9)13-10(8-19)6-11(7-18-13)14(15,16)17/h2-8H,1H3. The van der Waals surface area contributed by atoms with Crippen molar-refractivity contribution in [3.8, 4) is 11.3 Å². The Balaban J connectivity index is 2.60. The Morgan fingerprint density at radius 3 is 2.47 bits per heavy atom. The molecule has 0 spiro atoms. The number of aromatic nitrogens is 1. The normalized spacial score (nSPS) is 11.4. The summed E-state index contributed by atoms with van der Waals surface area (Å²) in [6.07, 6.45) is -3.37. The third-order valence-electron chi connectivity index (χ3n) is 2.77. The molecule has 0 fully saturated rings. The number of alkyl halides is 3. The van der Waals surface area contributed by atoms with Gasteiger partial charge in [-0.3, -0.25) is 9.78 Å². The smallest absolute Gasteiger partial charge is 0.298 e. The fourth-order valence-corrected chi connectivity index (χ4v) is 1.79. The van der Waals surface area contributed by atoms with Crippen LogP contribution in [0, 0.1) is 6.92 Å². The highest BCUT2D eigenvalue weighted by Gasteiger charge is 2.31. The van der Waals surface area contributed by atoms with Crippen LogP contribution in [0.4, 0.5) is 13.2 Å². The number of aldehydes is 1. The zero-order valence-corrected chi connectivity index (χ0v) is 10.0. The van der Waals surface area contributed by atoms with Crippen molar-refractivity contribution < 1.29 is 18.0 Å². The number of halogens is 3. The van der Waals surface area contributed by atoms with Gasteiger partial charge in [-0.2, -0.15) is 13.2 Å². The second-order valence-electron chi connectivity index (χ2n) is 4.09. The first-order valence-electron chi connectivity index (χ1n) is 5.52. The van der Waals surface area contributed by atoms with Gasteiger partial charge in [-0.25, -0.2) is 0 Å². The van der Waals surface area contributed by atoms with E-state index in [1.807, 2.05) is 19.1 Å². The van der Waals surface area contributed by atoms with Crippen LogP contribution in [0.15, 0.2) is 36.5 Å². The van der Waals surface area contributed by atoms with Gasteiger partial charge in [-0.1, -0.05) is 24.3 Å². The van der Waals surface area contributed by atoms with E-state index >= 15 is 0 Å². The molecule has 0 bridgehead atoms. The molecule has 1 aromatic carbocycles. The van der Waals surface area contributed by atoms with Gasteiger partial charge < -0.3 is 0 Å². The number of hydrogen-bond acceptors (Lipinski definition) is 2. The van der Waals surface area contributed by atoms with E-state index in [0.29, 0.717) is 11.8 Å². The second kappa shape index (κ2) is 4.84. The maximum absolute atomic E-state index is 12.6. The molecule has 0 atom stereocenters. The molecule has 0 unspecified atom stereocenters. The van der Waals surface area contributed by atoms with E-state index in [2.05, 4.69) is 4.98 Å². The molecule has 98 valence electrons. The average molecular weight is 265 g/mol. The lowest BCUT2D eigenvalue weighted by molar-refractivity contribution is -0.137. The second-order valence-corrected chi connectivity index (χ2v) is 4.09. The van der Waals surface area contributed by atoms with Crippen molar-refractivity contribution in [3.05, 3.63) is 53.2 Å². The number of aryl methyl sites for hydroxylation is 1. The van der Waals surface area contributed by atoms with E-state index in [4.69, 9.17) is 0 Å². The van der Waals surface area contributed by atoms with E-state index in [1.165, 1.54) is 0 Å². The maximum Gasteiger partial charge on any atom is 0.417 e. The monoisotopic (exact) mass is 265 g/mol. The Labute approximate surface area is 107 Å². The van der Waals surface area contributed by atoms with Crippen molar-refractivity contribution in [1.82, 2.24) is 4.98 Å². The number of pyridine rings is 1. The summed E-state index contributed by atoms with van der Waals surface area (Å²) >= 11 is 0. The molecule has 2 nitrogen and oxygen atoms in total. The Morgan fingerprint density at radius 2 is 1.89 bits per heavy atom. The molecule has 0 amide bonds. The van der Waals surface area contributed by atoms with Crippen molar-refractivity contribution in [1.29, 1.82) is 0 Å². The van der Waals surface area contributed by atoms with E-state index < -0.39 is 11.7 Å². The molecule has 0 N–H and O–H groups in total. The van der Waals surface area contributed by atoms with E-state index in [-0.39, 0.29) is 11.3 Å². The van der Waals surface area contributed by atoms with Crippen LogP contribution in [-0.4, -0.2) is 11.3 Å². The zero-order valence-electron chi connectivity index (χ0n) is 10.0. The third-order valence-corrected chi connectivity index (χ3v) is 2.77. The summed E-state index contributed by atoms with van der Waals surface area (Å²) in [5.74, 6) is 0. The molecule has 1 heterocycles. The van der Waals surface area contributed by atoms with Crippen molar-refractivity contribution >= 4 is 6.29 Å². The minimum absolute atomic E-state index is 0.0656.